The number of hydrogen-bond acceptors (Lipinski definition) is 4. The highest BCUT2D eigenvalue weighted by atomic mass is 32.2. The summed E-state index contributed by atoms with van der Waals surface area (Å²) in [6.07, 6.45) is 10.2. The number of anilines is 1. The van der Waals surface area contributed by atoms with Crippen LogP contribution in [0.1, 0.15) is 81.9 Å². The van der Waals surface area contributed by atoms with E-state index in [0.29, 0.717) is 18.7 Å². The van der Waals surface area contributed by atoms with Gasteiger partial charge in [-0.05, 0) is 105 Å². The number of carbonyl (C=O) groups is 2. The monoisotopic (exact) mass is 593 g/mol. The molecule has 4 saturated carbocycles. The van der Waals surface area contributed by atoms with Gasteiger partial charge < -0.3 is 10.2 Å². The Hall–Kier alpha value is -2.87. The quantitative estimate of drug-likeness (QED) is 0.349. The minimum Gasteiger partial charge on any atom is -0.354 e. The van der Waals surface area contributed by atoms with Crippen LogP contribution >= 0.6 is 0 Å². The fraction of sp³-hybridized carbons (Fsp3) is 0.588. The van der Waals surface area contributed by atoms with E-state index in [0.717, 1.165) is 41.6 Å². The summed E-state index contributed by atoms with van der Waals surface area (Å²) < 4.78 is 27.4. The third-order valence-electron chi connectivity index (χ3n) is 9.86. The molecule has 0 saturated heterocycles. The van der Waals surface area contributed by atoms with Crippen molar-refractivity contribution in [3.8, 4) is 0 Å². The Morgan fingerprint density at radius 3 is 2.12 bits per heavy atom. The second kappa shape index (κ2) is 12.4. The molecule has 6 rings (SSSR count). The lowest BCUT2D eigenvalue weighted by atomic mass is 9.48. The summed E-state index contributed by atoms with van der Waals surface area (Å²) in [5.41, 5.74) is 3.96. The molecule has 4 aliphatic carbocycles. The largest absolute Gasteiger partial charge is 0.354 e. The highest BCUT2D eigenvalue weighted by Gasteiger charge is 2.51. The molecule has 1 atom stereocenters. The van der Waals surface area contributed by atoms with Crippen molar-refractivity contribution < 1.29 is 18.0 Å². The van der Waals surface area contributed by atoms with Gasteiger partial charge in [-0.2, -0.15) is 0 Å². The van der Waals surface area contributed by atoms with E-state index in [-0.39, 0.29) is 24.4 Å². The summed E-state index contributed by atoms with van der Waals surface area (Å²) in [4.78, 5) is 28.7. The first kappa shape index (κ1) is 30.6. The SMILES string of the molecule is CCCNC(=O)[C@H](CC)N(Cc1cccc(C)c1)C(=O)CN(c1ccc(C23CC4CC(CC(C4)C2)C3)cc1)S(C)(=O)=O. The van der Waals surface area contributed by atoms with Gasteiger partial charge >= 0.3 is 0 Å². The molecular weight excluding hydrogens is 546 g/mol. The number of benzene rings is 2. The molecule has 4 fully saturated rings. The Morgan fingerprint density at radius 1 is 0.976 bits per heavy atom. The lowest BCUT2D eigenvalue weighted by molar-refractivity contribution is -0.140. The first-order valence-electron chi connectivity index (χ1n) is 15.7. The first-order valence-corrected chi connectivity index (χ1v) is 17.6. The third-order valence-corrected chi connectivity index (χ3v) is 11.0. The molecule has 0 spiro atoms. The zero-order valence-electron chi connectivity index (χ0n) is 25.6. The maximum Gasteiger partial charge on any atom is 0.244 e. The second-order valence-corrected chi connectivity index (χ2v) is 15.1. The molecule has 0 aliphatic heterocycles. The van der Waals surface area contributed by atoms with E-state index >= 15 is 0 Å². The Kier molecular flexibility index (Phi) is 9.02. The number of amides is 2. The van der Waals surface area contributed by atoms with Gasteiger partial charge in [0.1, 0.15) is 12.6 Å². The molecule has 0 unspecified atom stereocenters. The average molecular weight is 594 g/mol. The zero-order chi connectivity index (χ0) is 30.1. The van der Waals surface area contributed by atoms with Crippen molar-refractivity contribution in [3.05, 3.63) is 65.2 Å². The van der Waals surface area contributed by atoms with Gasteiger partial charge in [0.15, 0.2) is 0 Å². The summed E-state index contributed by atoms with van der Waals surface area (Å²) >= 11 is 0. The van der Waals surface area contributed by atoms with E-state index in [2.05, 4.69) is 17.4 Å². The molecule has 1 N–H and O–H groups in total. The molecule has 4 bridgehead atoms. The zero-order valence-corrected chi connectivity index (χ0v) is 26.5. The smallest absolute Gasteiger partial charge is 0.244 e. The third kappa shape index (κ3) is 6.53. The highest BCUT2D eigenvalue weighted by Crippen LogP contribution is 2.60. The molecule has 2 amide bonds. The van der Waals surface area contributed by atoms with Crippen molar-refractivity contribution >= 4 is 27.5 Å². The van der Waals surface area contributed by atoms with Crippen molar-refractivity contribution in [1.82, 2.24) is 10.2 Å². The van der Waals surface area contributed by atoms with Gasteiger partial charge in [0.2, 0.25) is 21.8 Å². The Labute approximate surface area is 252 Å². The Bertz CT molecular complexity index is 1350. The summed E-state index contributed by atoms with van der Waals surface area (Å²) in [7, 11) is -3.77. The van der Waals surface area contributed by atoms with E-state index in [1.54, 1.807) is 4.90 Å². The van der Waals surface area contributed by atoms with Gasteiger partial charge in [0.25, 0.3) is 0 Å². The number of sulfonamides is 1. The Morgan fingerprint density at radius 2 is 1.60 bits per heavy atom. The van der Waals surface area contributed by atoms with Crippen LogP contribution in [-0.2, 0) is 31.6 Å². The molecule has 2 aromatic carbocycles. The molecule has 0 heterocycles. The molecule has 42 heavy (non-hydrogen) atoms. The van der Waals surface area contributed by atoms with E-state index in [4.69, 9.17) is 0 Å². The predicted octanol–water partition coefficient (Wildman–Crippen LogP) is 5.56. The van der Waals surface area contributed by atoms with E-state index in [9.17, 15) is 18.0 Å². The number of hydrogen-bond donors (Lipinski definition) is 1. The number of nitrogens with zero attached hydrogens (tertiary/aromatic N) is 2. The number of rotatable bonds is 12. The maximum absolute atomic E-state index is 14.0. The normalized spacial score (nSPS) is 25.2. The summed E-state index contributed by atoms with van der Waals surface area (Å²) in [6, 6.07) is 15.1. The van der Waals surface area contributed by atoms with Crippen molar-refractivity contribution in [2.45, 2.75) is 90.1 Å². The Balaban J connectivity index is 1.40. The number of aryl methyl sites for hydroxylation is 1. The van der Waals surface area contributed by atoms with Crippen LogP contribution in [0.5, 0.6) is 0 Å². The van der Waals surface area contributed by atoms with Crippen molar-refractivity contribution in [2.24, 2.45) is 17.8 Å². The van der Waals surface area contributed by atoms with Crippen molar-refractivity contribution in [1.29, 1.82) is 0 Å². The summed E-state index contributed by atoms with van der Waals surface area (Å²) in [5.74, 6) is 1.85. The van der Waals surface area contributed by atoms with Crippen molar-refractivity contribution in [3.63, 3.8) is 0 Å². The topological polar surface area (TPSA) is 86.8 Å². The molecule has 0 radical (unpaired) electrons. The molecule has 7 nitrogen and oxygen atoms in total. The summed E-state index contributed by atoms with van der Waals surface area (Å²) in [6.45, 7) is 6.23. The van der Waals surface area contributed by atoms with Crippen LogP contribution in [0.15, 0.2) is 48.5 Å². The fourth-order valence-corrected chi connectivity index (χ4v) is 9.20. The van der Waals surface area contributed by atoms with Gasteiger partial charge in [-0.15, -0.1) is 0 Å². The van der Waals surface area contributed by atoms with Crippen LogP contribution in [0.4, 0.5) is 5.69 Å². The van der Waals surface area contributed by atoms with Gasteiger partial charge in [0.05, 0.1) is 11.9 Å². The van der Waals surface area contributed by atoms with Gasteiger partial charge in [-0.25, -0.2) is 8.42 Å². The average Bonchev–Trinajstić information content (AvgIpc) is 2.93. The van der Waals surface area contributed by atoms with Crippen LogP contribution in [0, 0.1) is 24.7 Å². The van der Waals surface area contributed by atoms with Crippen LogP contribution in [0.2, 0.25) is 0 Å². The van der Waals surface area contributed by atoms with Crippen LogP contribution in [0.25, 0.3) is 0 Å². The second-order valence-electron chi connectivity index (χ2n) is 13.2. The molecule has 2 aromatic rings. The van der Waals surface area contributed by atoms with Crippen LogP contribution in [0.3, 0.4) is 0 Å². The fourth-order valence-electron chi connectivity index (χ4n) is 8.35. The van der Waals surface area contributed by atoms with Crippen molar-refractivity contribution in [2.75, 3.05) is 23.7 Å². The minimum atomic E-state index is -3.77. The molecular formula is C34H47N3O4S. The van der Waals surface area contributed by atoms with E-state index in [1.807, 2.05) is 57.2 Å². The molecule has 228 valence electrons. The molecule has 8 heteroatoms. The number of nitrogens with one attached hydrogen (secondary N) is 1. The standard InChI is InChI=1S/C34H47N3O4S/c1-5-14-35-33(39)31(6-2)36(22-25-9-7-8-24(3)15-25)32(38)23-37(42(4,40)41)30-12-10-29(11-13-30)34-19-26-16-27(20-34)18-28(17-26)21-34/h7-13,15,26-28,31H,5-6,14,16-23H2,1-4H3,(H,35,39)/t26?,27?,28?,31-,34?/m0/s1. The van der Waals surface area contributed by atoms with Gasteiger partial charge in [-0.1, -0.05) is 55.8 Å². The van der Waals surface area contributed by atoms with E-state index in [1.165, 1.54) is 48.4 Å². The van der Waals surface area contributed by atoms with E-state index < -0.39 is 22.0 Å². The summed E-state index contributed by atoms with van der Waals surface area (Å²) in [5, 5.41) is 2.93. The lowest BCUT2D eigenvalue weighted by Crippen LogP contribution is -2.52. The van der Waals surface area contributed by atoms with Gasteiger partial charge in [0, 0.05) is 13.1 Å². The van der Waals surface area contributed by atoms with Gasteiger partial charge in [-0.3, -0.25) is 13.9 Å². The van der Waals surface area contributed by atoms with Crippen LogP contribution < -0.4 is 9.62 Å². The minimum absolute atomic E-state index is 0.212. The molecule has 4 aliphatic rings. The first-order chi connectivity index (χ1) is 20.0. The van der Waals surface area contributed by atoms with Crippen LogP contribution in [-0.4, -0.2) is 50.5 Å². The number of carbonyl (C=O) groups excluding carboxylic acids is 2. The molecule has 0 aromatic heterocycles. The predicted molar refractivity (Wildman–Crippen MR) is 168 cm³/mol. The maximum atomic E-state index is 14.0. The lowest BCUT2D eigenvalue weighted by Gasteiger charge is -2.57. The highest BCUT2D eigenvalue weighted by molar-refractivity contribution is 7.92.